The average molecular weight is 285 g/mol. The number of nitrogens with one attached hydrogen (secondary N) is 1. The third-order valence-corrected chi connectivity index (χ3v) is 4.71. The first-order chi connectivity index (χ1) is 10.2. The number of carbonyl (C=O) groups excluding carboxylic acids is 1. The van der Waals surface area contributed by atoms with E-state index >= 15 is 0 Å². The van der Waals surface area contributed by atoms with Crippen LogP contribution in [0.15, 0.2) is 24.3 Å². The van der Waals surface area contributed by atoms with E-state index in [4.69, 9.17) is 15.7 Å². The van der Waals surface area contributed by atoms with E-state index in [-0.39, 0.29) is 24.5 Å². The van der Waals surface area contributed by atoms with Crippen LogP contribution in [0, 0.1) is 29.1 Å². The van der Waals surface area contributed by atoms with Gasteiger partial charge in [-0.15, -0.1) is 0 Å². The summed E-state index contributed by atoms with van der Waals surface area (Å²) in [7, 11) is 0. The van der Waals surface area contributed by atoms with E-state index in [2.05, 4.69) is 5.32 Å². The van der Waals surface area contributed by atoms with Crippen LogP contribution in [0.5, 0.6) is 5.75 Å². The molecule has 4 unspecified atom stereocenters. The van der Waals surface area contributed by atoms with E-state index in [9.17, 15) is 4.79 Å². The van der Waals surface area contributed by atoms with E-state index in [1.165, 1.54) is 6.42 Å². The zero-order chi connectivity index (χ0) is 14.8. The van der Waals surface area contributed by atoms with Gasteiger partial charge in [0.2, 0.25) is 5.91 Å². The molecule has 2 bridgehead atoms. The fraction of sp³-hybridized carbons (Fsp3) is 0.500. The Labute approximate surface area is 124 Å². The number of benzene rings is 1. The largest absolute Gasteiger partial charge is 0.479 e. The lowest BCUT2D eigenvalue weighted by Crippen LogP contribution is -2.42. The Hall–Kier alpha value is -2.06. The van der Waals surface area contributed by atoms with Gasteiger partial charge in [-0.25, -0.2) is 0 Å². The zero-order valence-electron chi connectivity index (χ0n) is 11.8. The van der Waals surface area contributed by atoms with Gasteiger partial charge in [0.25, 0.3) is 0 Å². The van der Waals surface area contributed by atoms with Gasteiger partial charge in [0.15, 0.2) is 6.61 Å². The Bertz CT molecular complexity index is 562. The van der Waals surface area contributed by atoms with E-state index in [0.29, 0.717) is 17.6 Å². The minimum absolute atomic E-state index is 0.00184. The summed E-state index contributed by atoms with van der Waals surface area (Å²) in [5.41, 5.74) is 6.92. The molecule has 0 heterocycles. The number of nitrogens with zero attached hydrogens (tertiary/aromatic N) is 1. The molecule has 0 saturated heterocycles. The maximum atomic E-state index is 12.4. The van der Waals surface area contributed by atoms with E-state index in [0.717, 1.165) is 18.5 Å². The van der Waals surface area contributed by atoms with Crippen molar-refractivity contribution in [1.82, 2.24) is 0 Å². The molecule has 0 aliphatic heterocycles. The van der Waals surface area contributed by atoms with Crippen LogP contribution in [-0.2, 0) is 4.79 Å². The number of ether oxygens (including phenoxy) is 1. The molecule has 4 atom stereocenters. The molecule has 3 rings (SSSR count). The van der Waals surface area contributed by atoms with Crippen LogP contribution < -0.4 is 15.8 Å². The molecule has 1 amide bonds. The molecule has 0 aromatic heterocycles. The Morgan fingerprint density at radius 1 is 1.33 bits per heavy atom. The summed E-state index contributed by atoms with van der Waals surface area (Å²) in [6.45, 7) is 0.0195. The van der Waals surface area contributed by atoms with Crippen molar-refractivity contribution in [3.8, 4) is 11.8 Å². The number of nitrogens with two attached hydrogens (primary N) is 1. The third kappa shape index (κ3) is 2.72. The van der Waals surface area contributed by atoms with Gasteiger partial charge in [-0.05, 0) is 55.4 Å². The molecule has 0 spiro atoms. The van der Waals surface area contributed by atoms with Crippen molar-refractivity contribution in [2.75, 3.05) is 11.9 Å². The summed E-state index contributed by atoms with van der Waals surface area (Å²) in [6, 6.07) is 8.97. The highest BCUT2D eigenvalue weighted by Crippen LogP contribution is 2.47. The molecule has 2 aliphatic rings. The number of hydrogen-bond acceptors (Lipinski definition) is 4. The summed E-state index contributed by atoms with van der Waals surface area (Å²) in [5, 5.41) is 11.4. The number of nitriles is 1. The highest BCUT2D eigenvalue weighted by Gasteiger charge is 2.49. The smallest absolute Gasteiger partial charge is 0.229 e. The second-order valence-electron chi connectivity index (χ2n) is 5.90. The summed E-state index contributed by atoms with van der Waals surface area (Å²) in [6.07, 6.45) is 3.39. The van der Waals surface area contributed by atoms with Crippen LogP contribution in [0.1, 0.15) is 19.3 Å². The minimum Gasteiger partial charge on any atom is -0.479 e. The number of carbonyl (C=O) groups is 1. The van der Waals surface area contributed by atoms with Crippen LogP contribution >= 0.6 is 0 Å². The molecule has 5 heteroatoms. The van der Waals surface area contributed by atoms with Crippen LogP contribution in [-0.4, -0.2) is 18.6 Å². The highest BCUT2D eigenvalue weighted by atomic mass is 16.5. The fourth-order valence-electron chi connectivity index (χ4n) is 3.70. The Balaban J connectivity index is 1.61. The number of anilines is 1. The molecule has 21 heavy (non-hydrogen) atoms. The van der Waals surface area contributed by atoms with Crippen molar-refractivity contribution in [2.45, 2.75) is 25.3 Å². The van der Waals surface area contributed by atoms with Gasteiger partial charge in [0.1, 0.15) is 11.8 Å². The van der Waals surface area contributed by atoms with Crippen LogP contribution in [0.4, 0.5) is 5.69 Å². The third-order valence-electron chi connectivity index (χ3n) is 4.71. The second-order valence-corrected chi connectivity index (χ2v) is 5.90. The minimum atomic E-state index is -0.0572. The second kappa shape index (κ2) is 5.74. The van der Waals surface area contributed by atoms with Gasteiger partial charge >= 0.3 is 0 Å². The van der Waals surface area contributed by atoms with Crippen molar-refractivity contribution in [3.63, 3.8) is 0 Å². The molecule has 1 aromatic rings. The molecule has 2 saturated carbocycles. The van der Waals surface area contributed by atoms with Gasteiger partial charge < -0.3 is 15.8 Å². The predicted octanol–water partition coefficient (Wildman–Crippen LogP) is 1.90. The zero-order valence-corrected chi connectivity index (χ0v) is 11.8. The van der Waals surface area contributed by atoms with Gasteiger partial charge in [-0.1, -0.05) is 0 Å². The lowest BCUT2D eigenvalue weighted by atomic mass is 9.84. The van der Waals surface area contributed by atoms with Crippen LogP contribution in [0.3, 0.4) is 0 Å². The molecule has 110 valence electrons. The van der Waals surface area contributed by atoms with Crippen molar-refractivity contribution in [1.29, 1.82) is 5.26 Å². The maximum absolute atomic E-state index is 12.4. The first kappa shape index (κ1) is 13.9. The summed E-state index contributed by atoms with van der Waals surface area (Å²) >= 11 is 0. The standard InChI is InChI=1S/C16H19N3O2/c17-7-8-21-13-5-3-12(4-6-13)19-16(20)14-10-1-2-11(9-10)15(14)18/h3-6,10-11,14-15H,1-2,8-9,18H2,(H,19,20). The SMILES string of the molecule is N#CCOc1ccc(NC(=O)C2C3CCC(C3)C2N)cc1. The van der Waals surface area contributed by atoms with E-state index < -0.39 is 0 Å². The molecular formula is C16H19N3O2. The van der Waals surface area contributed by atoms with Crippen molar-refractivity contribution in [3.05, 3.63) is 24.3 Å². The quantitative estimate of drug-likeness (QED) is 0.884. The Kier molecular flexibility index (Phi) is 3.80. The number of hydrogen-bond donors (Lipinski definition) is 2. The van der Waals surface area contributed by atoms with Crippen molar-refractivity contribution < 1.29 is 9.53 Å². The summed E-state index contributed by atoms with van der Waals surface area (Å²) < 4.78 is 5.18. The first-order valence-corrected chi connectivity index (χ1v) is 7.35. The lowest BCUT2D eigenvalue weighted by Gasteiger charge is -2.27. The van der Waals surface area contributed by atoms with Gasteiger partial charge in [-0.2, -0.15) is 5.26 Å². The monoisotopic (exact) mass is 285 g/mol. The normalized spacial score (nSPS) is 29.9. The summed E-state index contributed by atoms with van der Waals surface area (Å²) in [5.74, 6) is 1.56. The van der Waals surface area contributed by atoms with Gasteiger partial charge in [0.05, 0.1) is 5.92 Å². The average Bonchev–Trinajstić information content (AvgIpc) is 3.07. The Morgan fingerprint density at radius 2 is 2.05 bits per heavy atom. The number of amides is 1. The highest BCUT2D eigenvalue weighted by molar-refractivity contribution is 5.93. The molecular weight excluding hydrogens is 266 g/mol. The van der Waals surface area contributed by atoms with Gasteiger partial charge in [-0.3, -0.25) is 4.79 Å². The fourth-order valence-corrected chi connectivity index (χ4v) is 3.70. The molecule has 0 radical (unpaired) electrons. The van der Waals surface area contributed by atoms with Crippen molar-refractivity contribution >= 4 is 11.6 Å². The molecule has 1 aromatic carbocycles. The number of fused-ring (bicyclic) bond motifs is 2. The maximum Gasteiger partial charge on any atom is 0.229 e. The first-order valence-electron chi connectivity index (χ1n) is 7.35. The Morgan fingerprint density at radius 3 is 2.67 bits per heavy atom. The molecule has 3 N–H and O–H groups in total. The lowest BCUT2D eigenvalue weighted by molar-refractivity contribution is -0.121. The van der Waals surface area contributed by atoms with Crippen LogP contribution in [0.2, 0.25) is 0 Å². The molecule has 2 fully saturated rings. The topological polar surface area (TPSA) is 88.1 Å². The molecule has 2 aliphatic carbocycles. The van der Waals surface area contributed by atoms with E-state index in [1.807, 2.05) is 6.07 Å². The van der Waals surface area contributed by atoms with E-state index in [1.54, 1.807) is 24.3 Å². The van der Waals surface area contributed by atoms with Crippen molar-refractivity contribution in [2.24, 2.45) is 23.5 Å². The van der Waals surface area contributed by atoms with Crippen LogP contribution in [0.25, 0.3) is 0 Å². The number of rotatable bonds is 4. The predicted molar refractivity (Wildman–Crippen MR) is 78.5 cm³/mol. The summed E-state index contributed by atoms with van der Waals surface area (Å²) in [4.78, 5) is 12.4. The van der Waals surface area contributed by atoms with Gasteiger partial charge in [0, 0.05) is 11.7 Å². The molecule has 5 nitrogen and oxygen atoms in total.